The van der Waals surface area contributed by atoms with E-state index >= 15 is 0 Å². The average Bonchev–Trinajstić information content (AvgIpc) is 3.08. The van der Waals surface area contributed by atoms with E-state index in [9.17, 15) is 8.42 Å². The van der Waals surface area contributed by atoms with Gasteiger partial charge in [0.15, 0.2) is 15.0 Å². The molecule has 0 saturated carbocycles. The molecule has 0 aliphatic carbocycles. The topological polar surface area (TPSA) is 49.7 Å². The minimum atomic E-state index is -3.05. The smallest absolute Gasteiger partial charge is 0.160 e. The summed E-state index contributed by atoms with van der Waals surface area (Å²) in [7, 11) is -3.05. The molecule has 2 aromatic rings. The first-order valence-electron chi connectivity index (χ1n) is 8.67. The van der Waals surface area contributed by atoms with Crippen molar-refractivity contribution in [1.29, 1.82) is 0 Å². The van der Waals surface area contributed by atoms with Crippen LogP contribution >= 0.6 is 46.6 Å². The third-order valence-electron chi connectivity index (χ3n) is 4.85. The van der Waals surface area contributed by atoms with Gasteiger partial charge >= 0.3 is 0 Å². The molecule has 0 bridgehead atoms. The maximum absolute atomic E-state index is 12.1. The molecule has 9 heteroatoms. The van der Waals surface area contributed by atoms with Gasteiger partial charge in [-0.05, 0) is 35.4 Å². The van der Waals surface area contributed by atoms with Crippen LogP contribution in [0, 0.1) is 0 Å². The van der Waals surface area contributed by atoms with Crippen molar-refractivity contribution in [2.45, 2.75) is 24.4 Å². The van der Waals surface area contributed by atoms with Crippen LogP contribution in [-0.2, 0) is 22.1 Å². The van der Waals surface area contributed by atoms with Gasteiger partial charge in [0.25, 0.3) is 0 Å². The van der Waals surface area contributed by atoms with Crippen molar-refractivity contribution in [1.82, 2.24) is 4.90 Å². The Morgan fingerprint density at radius 2 is 1.75 bits per heavy atom. The van der Waals surface area contributed by atoms with E-state index in [4.69, 9.17) is 39.8 Å². The highest BCUT2D eigenvalue weighted by Gasteiger charge is 2.46. The number of hydrogen-bond acceptors (Lipinski definition) is 5. The molecule has 148 valence electrons. The zero-order valence-corrected chi connectivity index (χ0v) is 18.6. The summed E-state index contributed by atoms with van der Waals surface area (Å²) in [5, 5.41) is 2.74. The normalized spacial score (nSPS) is 23.0. The molecule has 4 rings (SSSR count). The Labute approximate surface area is 183 Å². The summed E-state index contributed by atoms with van der Waals surface area (Å²) in [6.07, 6.45) is 0. The maximum atomic E-state index is 12.1. The monoisotopic (exact) mass is 474 g/mol. The Kier molecular flexibility index (Phi) is 5.87. The molecular formula is C19H17Cl3N2O2S2. The lowest BCUT2D eigenvalue weighted by Crippen LogP contribution is -2.38. The molecule has 0 spiro atoms. The minimum Gasteiger partial charge on any atom is -0.341 e. The van der Waals surface area contributed by atoms with Gasteiger partial charge < -0.3 is 4.90 Å². The number of halogens is 3. The Morgan fingerprint density at radius 1 is 1.04 bits per heavy atom. The van der Waals surface area contributed by atoms with Crippen molar-refractivity contribution in [3.8, 4) is 0 Å². The van der Waals surface area contributed by atoms with Crippen LogP contribution in [0.3, 0.4) is 0 Å². The molecule has 28 heavy (non-hydrogen) atoms. The van der Waals surface area contributed by atoms with Crippen LogP contribution in [0.1, 0.15) is 11.1 Å². The van der Waals surface area contributed by atoms with Gasteiger partial charge in [0.05, 0.1) is 23.6 Å². The molecule has 0 amide bonds. The number of nitrogens with zero attached hydrogens (tertiary/aromatic N) is 2. The fourth-order valence-corrected chi connectivity index (χ4v) is 7.13. The van der Waals surface area contributed by atoms with Crippen molar-refractivity contribution in [3.05, 3.63) is 68.7 Å². The number of fused-ring (bicyclic) bond motifs is 1. The molecule has 1 saturated heterocycles. The van der Waals surface area contributed by atoms with Gasteiger partial charge in [0.1, 0.15) is 0 Å². The van der Waals surface area contributed by atoms with Crippen molar-refractivity contribution >= 4 is 61.6 Å². The van der Waals surface area contributed by atoms with E-state index in [1.165, 1.54) is 0 Å². The van der Waals surface area contributed by atoms with E-state index in [0.717, 1.165) is 16.3 Å². The van der Waals surface area contributed by atoms with Crippen LogP contribution in [0.2, 0.25) is 15.1 Å². The van der Waals surface area contributed by atoms with Gasteiger partial charge in [-0.1, -0.05) is 64.8 Å². The third kappa shape index (κ3) is 4.46. The Hall–Kier alpha value is -0.920. The Morgan fingerprint density at radius 3 is 2.46 bits per heavy atom. The molecule has 2 aliphatic heterocycles. The fraction of sp³-hybridized carbons (Fsp3) is 0.316. The van der Waals surface area contributed by atoms with Gasteiger partial charge in [-0.15, -0.1) is 0 Å². The quantitative estimate of drug-likeness (QED) is 0.630. The summed E-state index contributed by atoms with van der Waals surface area (Å²) in [6, 6.07) is 12.7. The number of aliphatic imine (C=N–C) groups is 1. The summed E-state index contributed by atoms with van der Waals surface area (Å²) >= 11 is 19.8. The van der Waals surface area contributed by atoms with Crippen LogP contribution in [0.5, 0.6) is 0 Å². The lowest BCUT2D eigenvalue weighted by atomic mass is 10.1. The molecule has 0 aromatic heterocycles. The summed E-state index contributed by atoms with van der Waals surface area (Å²) in [6.45, 7) is 0.591. The van der Waals surface area contributed by atoms with E-state index in [-0.39, 0.29) is 23.6 Å². The average molecular weight is 476 g/mol. The predicted octanol–water partition coefficient (Wildman–Crippen LogP) is 4.92. The van der Waals surface area contributed by atoms with E-state index in [2.05, 4.69) is 4.90 Å². The van der Waals surface area contributed by atoms with Gasteiger partial charge in [-0.3, -0.25) is 4.99 Å². The van der Waals surface area contributed by atoms with Crippen molar-refractivity contribution in [2.24, 2.45) is 4.99 Å². The molecule has 0 radical (unpaired) electrons. The third-order valence-corrected chi connectivity index (χ3v) is 8.45. The van der Waals surface area contributed by atoms with Crippen molar-refractivity contribution in [2.75, 3.05) is 11.5 Å². The molecule has 2 atom stereocenters. The van der Waals surface area contributed by atoms with Crippen LogP contribution in [0.4, 0.5) is 0 Å². The van der Waals surface area contributed by atoms with Crippen LogP contribution in [0.15, 0.2) is 47.5 Å². The van der Waals surface area contributed by atoms with Gasteiger partial charge in [-0.2, -0.15) is 0 Å². The first-order chi connectivity index (χ1) is 13.3. The van der Waals surface area contributed by atoms with E-state index in [1.54, 1.807) is 17.8 Å². The predicted molar refractivity (Wildman–Crippen MR) is 118 cm³/mol. The van der Waals surface area contributed by atoms with E-state index < -0.39 is 9.84 Å². The van der Waals surface area contributed by atoms with Gasteiger partial charge in [0.2, 0.25) is 0 Å². The van der Waals surface area contributed by atoms with Crippen LogP contribution < -0.4 is 0 Å². The van der Waals surface area contributed by atoms with Crippen molar-refractivity contribution < 1.29 is 8.42 Å². The van der Waals surface area contributed by atoms with Gasteiger partial charge in [-0.25, -0.2) is 8.42 Å². The SMILES string of the molecule is O=S1(=O)C[C@@H]2[C@@H](C1)N=C(SCc1ccc(Cl)cc1Cl)N2Cc1ccc(Cl)cc1. The number of hydrogen-bond donors (Lipinski definition) is 0. The zero-order valence-electron chi connectivity index (χ0n) is 14.7. The highest BCUT2D eigenvalue weighted by Crippen LogP contribution is 2.34. The molecule has 2 aromatic carbocycles. The first-order valence-corrected chi connectivity index (χ1v) is 12.6. The van der Waals surface area contributed by atoms with Crippen molar-refractivity contribution in [3.63, 3.8) is 0 Å². The fourth-order valence-electron chi connectivity index (χ4n) is 3.46. The van der Waals surface area contributed by atoms with Crippen LogP contribution in [-0.4, -0.2) is 42.1 Å². The highest BCUT2D eigenvalue weighted by atomic mass is 35.5. The largest absolute Gasteiger partial charge is 0.341 e. The second kappa shape index (κ2) is 8.07. The lowest BCUT2D eigenvalue weighted by Gasteiger charge is -2.26. The summed E-state index contributed by atoms with van der Waals surface area (Å²) in [4.78, 5) is 6.84. The molecule has 2 aliphatic rings. The number of rotatable bonds is 4. The second-order valence-electron chi connectivity index (χ2n) is 6.90. The summed E-state index contributed by atoms with van der Waals surface area (Å²) in [5.41, 5.74) is 2.03. The summed E-state index contributed by atoms with van der Waals surface area (Å²) < 4.78 is 24.2. The molecular weight excluding hydrogens is 459 g/mol. The van der Waals surface area contributed by atoms with E-state index in [1.807, 2.05) is 36.4 Å². The maximum Gasteiger partial charge on any atom is 0.160 e. The van der Waals surface area contributed by atoms with E-state index in [0.29, 0.717) is 27.4 Å². The number of benzene rings is 2. The Bertz CT molecular complexity index is 1030. The zero-order chi connectivity index (χ0) is 19.9. The highest BCUT2D eigenvalue weighted by molar-refractivity contribution is 8.13. The number of sulfone groups is 1. The molecule has 4 nitrogen and oxygen atoms in total. The van der Waals surface area contributed by atoms with Gasteiger partial charge in [0, 0.05) is 27.4 Å². The second-order valence-corrected chi connectivity index (χ2v) is 11.3. The summed E-state index contributed by atoms with van der Waals surface area (Å²) in [5.74, 6) is 0.888. The molecule has 0 unspecified atom stereocenters. The number of amidine groups is 1. The lowest BCUT2D eigenvalue weighted by molar-refractivity contribution is 0.343. The molecule has 1 fully saturated rings. The number of thioether (sulfide) groups is 1. The standard InChI is InChI=1S/C19H17Cl3N2O2S2/c20-14-4-1-12(2-5-14)8-24-18-11-28(25,26)10-17(18)23-19(24)27-9-13-3-6-15(21)7-16(13)22/h1-7,17-18H,8-11H2/t17-,18-/m1/s1. The minimum absolute atomic E-state index is 0.112. The molecule has 2 heterocycles. The molecule has 0 N–H and O–H groups in total. The first kappa shape index (κ1) is 20.4. The Balaban J connectivity index is 1.55. The van der Waals surface area contributed by atoms with Crippen LogP contribution in [0.25, 0.3) is 0 Å².